The summed E-state index contributed by atoms with van der Waals surface area (Å²) in [6.07, 6.45) is 6.64. The SMILES string of the molecule is Cc1ccc2nc(N3CCC(Cc4ccccc4)CC3)c(/C=C3/SC(=S)N(CC(C)C)C3=O)c(=O)n2c1. The first kappa shape index (κ1) is 25.7. The minimum atomic E-state index is -0.163. The largest absolute Gasteiger partial charge is 0.356 e. The lowest BCUT2D eigenvalue weighted by Gasteiger charge is -2.33. The van der Waals surface area contributed by atoms with Crippen molar-refractivity contribution >= 4 is 51.7 Å². The van der Waals surface area contributed by atoms with Gasteiger partial charge in [-0.15, -0.1) is 0 Å². The van der Waals surface area contributed by atoms with Gasteiger partial charge in [0.2, 0.25) is 0 Å². The monoisotopic (exact) mass is 532 g/mol. The van der Waals surface area contributed by atoms with Crippen LogP contribution >= 0.6 is 24.0 Å². The summed E-state index contributed by atoms with van der Waals surface area (Å²) in [6.45, 7) is 8.28. The number of amides is 1. The van der Waals surface area contributed by atoms with E-state index in [9.17, 15) is 9.59 Å². The number of hydrogen-bond donors (Lipinski definition) is 0. The predicted molar refractivity (Wildman–Crippen MR) is 156 cm³/mol. The fourth-order valence-corrected chi connectivity index (χ4v) is 6.32. The zero-order valence-corrected chi connectivity index (χ0v) is 23.1. The van der Waals surface area contributed by atoms with Crippen LogP contribution in [-0.2, 0) is 11.2 Å². The first-order chi connectivity index (χ1) is 17.8. The van der Waals surface area contributed by atoms with E-state index in [0.717, 1.165) is 37.9 Å². The number of piperidine rings is 1. The van der Waals surface area contributed by atoms with Gasteiger partial charge in [0.15, 0.2) is 0 Å². The summed E-state index contributed by atoms with van der Waals surface area (Å²) in [5.74, 6) is 1.41. The number of thioether (sulfide) groups is 1. The number of aromatic nitrogens is 2. The number of benzene rings is 1. The maximum Gasteiger partial charge on any atom is 0.267 e. The van der Waals surface area contributed by atoms with Crippen LogP contribution in [0.25, 0.3) is 11.7 Å². The number of carbonyl (C=O) groups excluding carboxylic acids is 1. The summed E-state index contributed by atoms with van der Waals surface area (Å²) in [5, 5.41) is 0. The zero-order valence-electron chi connectivity index (χ0n) is 21.5. The molecule has 0 aliphatic carbocycles. The van der Waals surface area contributed by atoms with E-state index in [1.165, 1.54) is 17.3 Å². The van der Waals surface area contributed by atoms with Crippen molar-refractivity contribution in [2.45, 2.75) is 40.0 Å². The van der Waals surface area contributed by atoms with Crippen LogP contribution in [0, 0.1) is 18.8 Å². The fourth-order valence-electron chi connectivity index (χ4n) is 5.06. The normalized spacial score (nSPS) is 18.1. The number of carbonyl (C=O) groups is 1. The molecule has 2 aliphatic heterocycles. The predicted octanol–water partition coefficient (Wildman–Crippen LogP) is 5.32. The Bertz CT molecular complexity index is 1420. The third-order valence-corrected chi connectivity index (χ3v) is 8.34. The molecule has 2 aromatic heterocycles. The lowest BCUT2D eigenvalue weighted by atomic mass is 9.90. The van der Waals surface area contributed by atoms with Gasteiger partial charge in [-0.25, -0.2) is 4.98 Å². The smallest absolute Gasteiger partial charge is 0.267 e. The number of pyridine rings is 1. The van der Waals surface area contributed by atoms with Gasteiger partial charge in [0, 0.05) is 25.8 Å². The number of nitrogens with zero attached hydrogens (tertiary/aromatic N) is 4. The van der Waals surface area contributed by atoms with Gasteiger partial charge >= 0.3 is 0 Å². The molecule has 1 aromatic carbocycles. The Balaban J connectivity index is 1.48. The van der Waals surface area contributed by atoms with Crippen LogP contribution in [-0.4, -0.2) is 44.1 Å². The molecule has 4 heterocycles. The summed E-state index contributed by atoms with van der Waals surface area (Å²) in [6, 6.07) is 14.5. The highest BCUT2D eigenvalue weighted by atomic mass is 32.2. The molecule has 1 amide bonds. The van der Waals surface area contributed by atoms with E-state index in [1.807, 2.05) is 25.3 Å². The van der Waals surface area contributed by atoms with Crippen molar-refractivity contribution in [3.63, 3.8) is 0 Å². The van der Waals surface area contributed by atoms with Crippen molar-refractivity contribution < 1.29 is 4.79 Å². The number of hydrogen-bond acceptors (Lipinski definition) is 6. The quantitative estimate of drug-likeness (QED) is 0.316. The molecule has 8 heteroatoms. The van der Waals surface area contributed by atoms with E-state index in [4.69, 9.17) is 17.2 Å². The Kier molecular flexibility index (Phi) is 7.49. The fraction of sp³-hybridized carbons (Fsp3) is 0.379. The second-order valence-corrected chi connectivity index (χ2v) is 12.1. The molecule has 0 N–H and O–H groups in total. The van der Waals surface area contributed by atoms with Crippen molar-refractivity contribution in [3.8, 4) is 0 Å². The van der Waals surface area contributed by atoms with E-state index < -0.39 is 0 Å². The third kappa shape index (κ3) is 5.50. The van der Waals surface area contributed by atoms with Crippen LogP contribution in [0.15, 0.2) is 58.4 Å². The van der Waals surface area contributed by atoms with E-state index >= 15 is 0 Å². The lowest BCUT2D eigenvalue weighted by Crippen LogP contribution is -2.37. The standard InChI is InChI=1S/C29H32N4O2S2/c1-19(2)17-33-28(35)24(37-29(33)36)16-23-26(30-25-10-9-20(3)18-32(25)27(23)34)31-13-11-22(12-14-31)15-21-7-5-4-6-8-21/h4-10,16,18-19,22H,11-15,17H2,1-3H3/b24-16+. The van der Waals surface area contributed by atoms with Crippen molar-refractivity contribution in [1.82, 2.24) is 14.3 Å². The molecule has 0 saturated carbocycles. The Morgan fingerprint density at radius 1 is 1.11 bits per heavy atom. The topological polar surface area (TPSA) is 57.9 Å². The molecule has 5 rings (SSSR count). The third-order valence-electron chi connectivity index (χ3n) is 6.96. The first-order valence-corrected chi connectivity index (χ1v) is 14.1. The molecule has 0 radical (unpaired) electrons. The summed E-state index contributed by atoms with van der Waals surface area (Å²) >= 11 is 6.77. The number of rotatable bonds is 6. The van der Waals surface area contributed by atoms with Gasteiger partial charge in [0.1, 0.15) is 15.8 Å². The molecular formula is C29H32N4O2S2. The summed E-state index contributed by atoms with van der Waals surface area (Å²) in [7, 11) is 0. The van der Waals surface area contributed by atoms with Gasteiger partial charge in [0.25, 0.3) is 11.5 Å². The molecule has 0 atom stereocenters. The van der Waals surface area contributed by atoms with E-state index in [0.29, 0.717) is 44.6 Å². The van der Waals surface area contributed by atoms with Crippen LogP contribution in [0.1, 0.15) is 43.4 Å². The number of anilines is 1. The lowest BCUT2D eigenvalue weighted by molar-refractivity contribution is -0.122. The van der Waals surface area contributed by atoms with Gasteiger partial charge in [-0.2, -0.15) is 0 Å². The summed E-state index contributed by atoms with van der Waals surface area (Å²) in [4.78, 5) is 36.2. The van der Waals surface area contributed by atoms with E-state index in [-0.39, 0.29) is 11.5 Å². The van der Waals surface area contributed by atoms with Crippen LogP contribution in [0.4, 0.5) is 5.82 Å². The van der Waals surface area contributed by atoms with Crippen LogP contribution < -0.4 is 10.5 Å². The van der Waals surface area contributed by atoms with Gasteiger partial charge in [-0.05, 0) is 61.3 Å². The molecule has 192 valence electrons. The van der Waals surface area contributed by atoms with Crippen LogP contribution in [0.2, 0.25) is 0 Å². The molecule has 2 aliphatic rings. The molecule has 6 nitrogen and oxygen atoms in total. The van der Waals surface area contributed by atoms with Gasteiger partial charge < -0.3 is 4.90 Å². The molecule has 2 saturated heterocycles. The van der Waals surface area contributed by atoms with Crippen LogP contribution in [0.5, 0.6) is 0 Å². The van der Waals surface area contributed by atoms with E-state index in [2.05, 4.69) is 49.1 Å². The number of thiocarbonyl (C=S) groups is 1. The molecule has 37 heavy (non-hydrogen) atoms. The van der Waals surface area contributed by atoms with Gasteiger partial charge in [-0.3, -0.25) is 18.9 Å². The van der Waals surface area contributed by atoms with Crippen molar-refractivity contribution in [2.75, 3.05) is 24.5 Å². The Morgan fingerprint density at radius 2 is 1.84 bits per heavy atom. The Hall–Kier alpha value is -2.97. The van der Waals surface area contributed by atoms with Gasteiger partial charge in [0.05, 0.1) is 10.5 Å². The maximum atomic E-state index is 13.8. The Labute approximate surface area is 227 Å². The highest BCUT2D eigenvalue weighted by Gasteiger charge is 2.33. The maximum absolute atomic E-state index is 13.8. The average molecular weight is 533 g/mol. The van der Waals surface area contributed by atoms with Crippen molar-refractivity contribution in [3.05, 3.63) is 80.6 Å². The summed E-state index contributed by atoms with van der Waals surface area (Å²) < 4.78 is 2.12. The highest BCUT2D eigenvalue weighted by Crippen LogP contribution is 2.34. The van der Waals surface area contributed by atoms with Gasteiger partial charge in [-0.1, -0.05) is 74.2 Å². The second-order valence-electron chi connectivity index (χ2n) is 10.4. The molecule has 3 aromatic rings. The summed E-state index contributed by atoms with van der Waals surface area (Å²) in [5.41, 5.74) is 3.24. The molecule has 0 unspecified atom stereocenters. The molecule has 0 spiro atoms. The van der Waals surface area contributed by atoms with E-state index in [1.54, 1.807) is 15.4 Å². The van der Waals surface area contributed by atoms with Crippen molar-refractivity contribution in [1.29, 1.82) is 0 Å². The van der Waals surface area contributed by atoms with Crippen molar-refractivity contribution in [2.24, 2.45) is 11.8 Å². The second kappa shape index (κ2) is 10.8. The minimum Gasteiger partial charge on any atom is -0.356 e. The molecule has 0 bridgehead atoms. The zero-order chi connectivity index (χ0) is 26.1. The molecular weight excluding hydrogens is 500 g/mol. The number of fused-ring (bicyclic) bond motifs is 1. The minimum absolute atomic E-state index is 0.134. The average Bonchev–Trinajstić information content (AvgIpc) is 3.14. The molecule has 2 fully saturated rings. The number of aryl methyl sites for hydroxylation is 1. The van der Waals surface area contributed by atoms with Crippen LogP contribution in [0.3, 0.4) is 0 Å². The first-order valence-electron chi connectivity index (χ1n) is 12.9. The Morgan fingerprint density at radius 3 is 2.54 bits per heavy atom. The highest BCUT2D eigenvalue weighted by molar-refractivity contribution is 8.26.